The molecule has 2 aromatic carbocycles. The molecule has 1 saturated heterocycles. The monoisotopic (exact) mass is 460 g/mol. The predicted octanol–water partition coefficient (Wildman–Crippen LogP) is 3.75. The second-order valence-electron chi connectivity index (χ2n) is 8.51. The summed E-state index contributed by atoms with van der Waals surface area (Å²) >= 11 is 0. The number of hydrogen-bond donors (Lipinski definition) is 0. The number of anilines is 1. The minimum absolute atomic E-state index is 0.0105. The summed E-state index contributed by atoms with van der Waals surface area (Å²) in [5, 5.41) is 11.6. The van der Waals surface area contributed by atoms with Crippen LogP contribution in [0, 0.1) is 17.0 Å². The minimum Gasteiger partial charge on any atom is -0.353 e. The van der Waals surface area contributed by atoms with Gasteiger partial charge < -0.3 is 14.7 Å². The Bertz CT molecular complexity index is 1190. The number of rotatable bonds is 5. The molecule has 0 spiro atoms. The molecule has 4 rings (SSSR count). The van der Waals surface area contributed by atoms with Gasteiger partial charge in [0, 0.05) is 75.1 Å². The second-order valence-corrected chi connectivity index (χ2v) is 8.51. The van der Waals surface area contributed by atoms with Crippen LogP contribution in [-0.2, 0) is 6.42 Å². The fourth-order valence-corrected chi connectivity index (χ4v) is 4.19. The van der Waals surface area contributed by atoms with Gasteiger partial charge >= 0.3 is 6.03 Å². The topological polar surface area (TPSA) is 95.7 Å². The fourth-order valence-electron chi connectivity index (χ4n) is 4.19. The van der Waals surface area contributed by atoms with Gasteiger partial charge in [-0.2, -0.15) is 0 Å². The highest BCUT2D eigenvalue weighted by Crippen LogP contribution is 2.30. The third kappa shape index (κ3) is 4.83. The SMILES string of the molecule is Cc1nc(-c2ccccc2)nc(N2CCN(C(=O)N(C)C)CC2)c1Cc1ccccc1[N+](=O)[O-]. The molecule has 3 aromatic rings. The Labute approximate surface area is 198 Å². The van der Waals surface area contributed by atoms with Crippen molar-refractivity contribution >= 4 is 17.5 Å². The molecule has 0 unspecified atom stereocenters. The largest absolute Gasteiger partial charge is 0.353 e. The highest BCUT2D eigenvalue weighted by Gasteiger charge is 2.27. The van der Waals surface area contributed by atoms with Crippen molar-refractivity contribution in [3.05, 3.63) is 81.5 Å². The Morgan fingerprint density at radius 3 is 2.29 bits per heavy atom. The lowest BCUT2D eigenvalue weighted by Crippen LogP contribution is -2.52. The van der Waals surface area contributed by atoms with Crippen molar-refractivity contribution in [2.45, 2.75) is 13.3 Å². The number of piperazine rings is 1. The molecule has 0 aliphatic carbocycles. The van der Waals surface area contributed by atoms with Crippen LogP contribution in [0.15, 0.2) is 54.6 Å². The number of nitrogens with zero attached hydrogens (tertiary/aromatic N) is 6. The maximum atomic E-state index is 12.4. The van der Waals surface area contributed by atoms with E-state index in [1.54, 1.807) is 31.1 Å². The molecule has 0 N–H and O–H groups in total. The number of para-hydroxylation sites is 1. The van der Waals surface area contributed by atoms with Gasteiger partial charge in [0.15, 0.2) is 5.82 Å². The molecule has 176 valence electrons. The molecule has 2 amide bonds. The molecule has 34 heavy (non-hydrogen) atoms. The summed E-state index contributed by atoms with van der Waals surface area (Å²) in [7, 11) is 3.50. The Balaban J connectivity index is 1.73. The number of carbonyl (C=O) groups excluding carboxylic acids is 1. The zero-order valence-electron chi connectivity index (χ0n) is 19.6. The number of hydrogen-bond acceptors (Lipinski definition) is 6. The maximum Gasteiger partial charge on any atom is 0.319 e. The Morgan fingerprint density at radius 1 is 1.00 bits per heavy atom. The molecule has 1 aliphatic heterocycles. The summed E-state index contributed by atoms with van der Waals surface area (Å²) in [4.78, 5) is 38.9. The van der Waals surface area contributed by atoms with E-state index in [0.717, 1.165) is 22.6 Å². The first-order valence-electron chi connectivity index (χ1n) is 11.2. The van der Waals surface area contributed by atoms with Crippen molar-refractivity contribution in [1.82, 2.24) is 19.8 Å². The quantitative estimate of drug-likeness (QED) is 0.425. The van der Waals surface area contributed by atoms with Crippen molar-refractivity contribution in [1.29, 1.82) is 0 Å². The second kappa shape index (κ2) is 9.86. The van der Waals surface area contributed by atoms with Gasteiger partial charge in [-0.05, 0) is 6.92 Å². The molecule has 9 heteroatoms. The zero-order valence-corrected chi connectivity index (χ0v) is 19.6. The summed E-state index contributed by atoms with van der Waals surface area (Å²) in [6, 6.07) is 16.5. The van der Waals surface area contributed by atoms with E-state index in [1.807, 2.05) is 48.2 Å². The van der Waals surface area contributed by atoms with E-state index in [0.29, 0.717) is 44.0 Å². The van der Waals surface area contributed by atoms with Crippen LogP contribution in [0.1, 0.15) is 16.8 Å². The van der Waals surface area contributed by atoms with E-state index in [-0.39, 0.29) is 16.6 Å². The average molecular weight is 461 g/mol. The lowest BCUT2D eigenvalue weighted by molar-refractivity contribution is -0.385. The number of carbonyl (C=O) groups is 1. The van der Waals surface area contributed by atoms with E-state index >= 15 is 0 Å². The molecule has 9 nitrogen and oxygen atoms in total. The third-order valence-electron chi connectivity index (χ3n) is 6.01. The van der Waals surface area contributed by atoms with Crippen LogP contribution >= 0.6 is 0 Å². The Morgan fingerprint density at radius 2 is 1.65 bits per heavy atom. The fraction of sp³-hybridized carbons (Fsp3) is 0.320. The number of urea groups is 1. The number of aromatic nitrogens is 2. The van der Waals surface area contributed by atoms with Gasteiger partial charge in [0.25, 0.3) is 5.69 Å². The minimum atomic E-state index is -0.352. The first-order valence-corrected chi connectivity index (χ1v) is 11.2. The molecule has 0 bridgehead atoms. The van der Waals surface area contributed by atoms with Crippen LogP contribution in [-0.4, -0.2) is 71.0 Å². The van der Waals surface area contributed by atoms with Crippen molar-refractivity contribution in [2.75, 3.05) is 45.2 Å². The van der Waals surface area contributed by atoms with Crippen molar-refractivity contribution in [2.24, 2.45) is 0 Å². The van der Waals surface area contributed by atoms with Gasteiger partial charge in [-0.15, -0.1) is 0 Å². The normalized spacial score (nSPS) is 13.6. The molecule has 1 aromatic heterocycles. The number of amides is 2. The molecule has 1 fully saturated rings. The van der Waals surface area contributed by atoms with E-state index in [9.17, 15) is 14.9 Å². The van der Waals surface area contributed by atoms with Crippen molar-refractivity contribution < 1.29 is 9.72 Å². The van der Waals surface area contributed by atoms with Crippen LogP contribution in [0.25, 0.3) is 11.4 Å². The number of benzene rings is 2. The Kier molecular flexibility index (Phi) is 6.72. The molecular weight excluding hydrogens is 432 g/mol. The Hall–Kier alpha value is -4.01. The highest BCUT2D eigenvalue weighted by molar-refractivity contribution is 5.74. The van der Waals surface area contributed by atoms with Crippen LogP contribution in [0.5, 0.6) is 0 Å². The molecule has 1 aliphatic rings. The summed E-state index contributed by atoms with van der Waals surface area (Å²) in [6.07, 6.45) is 0.351. The van der Waals surface area contributed by atoms with Crippen molar-refractivity contribution in [3.63, 3.8) is 0 Å². The average Bonchev–Trinajstić information content (AvgIpc) is 2.85. The van der Waals surface area contributed by atoms with E-state index in [1.165, 1.54) is 6.07 Å². The van der Waals surface area contributed by atoms with Crippen LogP contribution in [0.3, 0.4) is 0 Å². The van der Waals surface area contributed by atoms with E-state index in [4.69, 9.17) is 9.97 Å². The van der Waals surface area contributed by atoms with Crippen LogP contribution in [0.2, 0.25) is 0 Å². The number of aryl methyl sites for hydroxylation is 1. The van der Waals surface area contributed by atoms with Crippen LogP contribution < -0.4 is 4.90 Å². The number of nitro benzene ring substituents is 1. The summed E-state index contributed by atoms with van der Waals surface area (Å²) in [5.41, 5.74) is 3.26. The molecule has 0 radical (unpaired) electrons. The first kappa shape index (κ1) is 23.2. The van der Waals surface area contributed by atoms with Gasteiger partial charge in [-0.25, -0.2) is 14.8 Å². The smallest absolute Gasteiger partial charge is 0.319 e. The highest BCUT2D eigenvalue weighted by atomic mass is 16.6. The van der Waals surface area contributed by atoms with Gasteiger partial charge in [0.05, 0.1) is 4.92 Å². The molecule has 0 saturated carbocycles. The molecule has 0 atom stereocenters. The summed E-state index contributed by atoms with van der Waals surface area (Å²) < 4.78 is 0. The predicted molar refractivity (Wildman–Crippen MR) is 131 cm³/mol. The third-order valence-corrected chi connectivity index (χ3v) is 6.01. The van der Waals surface area contributed by atoms with E-state index in [2.05, 4.69) is 4.90 Å². The van der Waals surface area contributed by atoms with Gasteiger partial charge in [0.2, 0.25) is 0 Å². The molecular formula is C25H28N6O3. The summed E-state index contributed by atoms with van der Waals surface area (Å²) in [6.45, 7) is 4.31. The summed E-state index contributed by atoms with van der Waals surface area (Å²) in [5.74, 6) is 1.38. The van der Waals surface area contributed by atoms with Gasteiger partial charge in [0.1, 0.15) is 5.82 Å². The van der Waals surface area contributed by atoms with Crippen LogP contribution in [0.4, 0.5) is 16.3 Å². The first-order chi connectivity index (χ1) is 16.3. The van der Waals surface area contributed by atoms with Gasteiger partial charge in [-0.3, -0.25) is 10.1 Å². The molecule has 2 heterocycles. The lowest BCUT2D eigenvalue weighted by Gasteiger charge is -2.37. The van der Waals surface area contributed by atoms with Gasteiger partial charge in [-0.1, -0.05) is 48.5 Å². The lowest BCUT2D eigenvalue weighted by atomic mass is 10.0. The maximum absolute atomic E-state index is 12.4. The standard InChI is InChI=1S/C25H28N6O3/c1-18-21(17-20-11-7-8-12-22(20)31(33)34)24(27-23(26-18)19-9-5-4-6-10-19)29-13-15-30(16-14-29)25(32)28(2)3/h4-12H,13-17H2,1-3H3. The van der Waals surface area contributed by atoms with Crippen molar-refractivity contribution in [3.8, 4) is 11.4 Å². The number of nitro groups is 1. The zero-order chi connectivity index (χ0) is 24.2. The van der Waals surface area contributed by atoms with E-state index < -0.39 is 0 Å².